The van der Waals surface area contributed by atoms with Crippen LogP contribution < -0.4 is 10.9 Å². The summed E-state index contributed by atoms with van der Waals surface area (Å²) in [5.41, 5.74) is 0.265. The minimum Gasteiger partial charge on any atom is -0.352 e. The molecule has 4 rings (SSSR count). The first-order valence-electron chi connectivity index (χ1n) is 12.8. The Morgan fingerprint density at radius 2 is 1.65 bits per heavy atom. The lowest BCUT2D eigenvalue weighted by Crippen LogP contribution is -2.35. The molecule has 1 aromatic heterocycles. The van der Waals surface area contributed by atoms with E-state index in [2.05, 4.69) is 10.2 Å². The molecule has 1 saturated heterocycles. The van der Waals surface area contributed by atoms with E-state index in [9.17, 15) is 22.8 Å². The number of rotatable bonds is 7. The van der Waals surface area contributed by atoms with E-state index in [0.717, 1.165) is 43.8 Å². The largest absolute Gasteiger partial charge is 0.416 e. The zero-order valence-corrected chi connectivity index (χ0v) is 21.0. The summed E-state index contributed by atoms with van der Waals surface area (Å²) in [4.78, 5) is 29.1. The summed E-state index contributed by atoms with van der Waals surface area (Å²) in [5.74, 6) is -0.529. The molecule has 2 heterocycles. The Balaban J connectivity index is 1.65. The highest BCUT2D eigenvalue weighted by Crippen LogP contribution is 2.31. The van der Waals surface area contributed by atoms with Gasteiger partial charge in [0.25, 0.3) is 11.5 Å². The van der Waals surface area contributed by atoms with Crippen LogP contribution in [0.1, 0.15) is 53.7 Å². The number of hydrogen-bond acceptors (Lipinski definition) is 3. The van der Waals surface area contributed by atoms with Gasteiger partial charge in [0.2, 0.25) is 0 Å². The molecule has 1 N–H and O–H groups in total. The van der Waals surface area contributed by atoms with Gasteiger partial charge in [0, 0.05) is 23.5 Å². The average Bonchev–Trinajstić information content (AvgIpc) is 3.16. The van der Waals surface area contributed by atoms with E-state index in [1.807, 2.05) is 30.3 Å². The minimum atomic E-state index is -4.56. The summed E-state index contributed by atoms with van der Waals surface area (Å²) in [7, 11) is 0. The third kappa shape index (κ3) is 6.49. The number of benzene rings is 2. The Kier molecular flexibility index (Phi) is 8.48. The second kappa shape index (κ2) is 11.8. The lowest BCUT2D eigenvalue weighted by Gasteiger charge is -2.20. The third-order valence-electron chi connectivity index (χ3n) is 6.84. The number of nitrogens with zero attached hydrogens (tertiary/aromatic N) is 2. The van der Waals surface area contributed by atoms with Gasteiger partial charge in [0.1, 0.15) is 5.56 Å². The maximum Gasteiger partial charge on any atom is 0.416 e. The molecule has 0 atom stereocenters. The van der Waals surface area contributed by atoms with Gasteiger partial charge in [-0.25, -0.2) is 0 Å². The van der Waals surface area contributed by atoms with Gasteiger partial charge in [-0.3, -0.25) is 14.2 Å². The van der Waals surface area contributed by atoms with Crippen LogP contribution in [0.2, 0.25) is 0 Å². The van der Waals surface area contributed by atoms with Crippen molar-refractivity contribution in [2.75, 3.05) is 26.2 Å². The van der Waals surface area contributed by atoms with E-state index in [-0.39, 0.29) is 11.3 Å². The van der Waals surface area contributed by atoms with Gasteiger partial charge in [-0.1, -0.05) is 49.2 Å². The van der Waals surface area contributed by atoms with Crippen LogP contribution >= 0.6 is 0 Å². The van der Waals surface area contributed by atoms with Crippen LogP contribution in [0.25, 0.3) is 16.8 Å². The quantitative estimate of drug-likeness (QED) is 0.406. The Hall–Kier alpha value is -3.39. The molecule has 1 aliphatic rings. The molecular formula is C29H32F3N3O2. The van der Waals surface area contributed by atoms with Crippen LogP contribution in [0.4, 0.5) is 13.2 Å². The van der Waals surface area contributed by atoms with Gasteiger partial charge < -0.3 is 10.2 Å². The predicted molar refractivity (Wildman–Crippen MR) is 139 cm³/mol. The molecule has 1 amide bonds. The van der Waals surface area contributed by atoms with E-state index in [4.69, 9.17) is 0 Å². The van der Waals surface area contributed by atoms with E-state index in [0.29, 0.717) is 17.8 Å². The first kappa shape index (κ1) is 26.7. The average molecular weight is 512 g/mol. The lowest BCUT2D eigenvalue weighted by atomic mass is 10.0. The van der Waals surface area contributed by atoms with Crippen LogP contribution in [-0.4, -0.2) is 41.6 Å². The van der Waals surface area contributed by atoms with Crippen molar-refractivity contribution in [3.63, 3.8) is 0 Å². The fourth-order valence-electron chi connectivity index (χ4n) is 4.87. The Morgan fingerprint density at radius 1 is 0.946 bits per heavy atom. The number of aromatic nitrogens is 1. The number of likely N-dealkylation sites (tertiary alicyclic amines) is 1. The standard InChI is InChI=1S/C29H32F3N3O2/c1-21-25(22-11-5-4-6-12-22)20-26(27(36)33-15-10-18-34-16-7-2-3-8-17-34)28(37)35(21)24-14-9-13-23(19-24)29(30,31)32/h4-6,9,11-14,19-20H,2-3,7-8,10,15-18H2,1H3,(H,33,36). The first-order chi connectivity index (χ1) is 17.8. The van der Waals surface area contributed by atoms with Gasteiger partial charge in [0.15, 0.2) is 0 Å². The molecule has 0 saturated carbocycles. The smallest absolute Gasteiger partial charge is 0.352 e. The van der Waals surface area contributed by atoms with Crippen molar-refractivity contribution in [2.45, 2.75) is 45.2 Å². The number of nitrogens with one attached hydrogen (secondary N) is 1. The summed E-state index contributed by atoms with van der Waals surface area (Å²) >= 11 is 0. The highest BCUT2D eigenvalue weighted by Gasteiger charge is 2.31. The van der Waals surface area contributed by atoms with Crippen molar-refractivity contribution in [1.29, 1.82) is 0 Å². The maximum absolute atomic E-state index is 13.5. The van der Waals surface area contributed by atoms with Crippen molar-refractivity contribution >= 4 is 5.91 Å². The number of pyridine rings is 1. The van der Waals surface area contributed by atoms with Gasteiger partial charge in [-0.2, -0.15) is 13.2 Å². The number of amides is 1. The number of carbonyl (C=O) groups is 1. The molecule has 2 aromatic carbocycles. The van der Waals surface area contributed by atoms with E-state index < -0.39 is 23.2 Å². The van der Waals surface area contributed by atoms with Crippen molar-refractivity contribution in [3.8, 4) is 16.8 Å². The number of carbonyl (C=O) groups excluding carboxylic acids is 1. The van der Waals surface area contributed by atoms with Crippen molar-refractivity contribution in [2.24, 2.45) is 0 Å². The molecule has 0 aliphatic carbocycles. The number of halogens is 3. The molecule has 196 valence electrons. The fraction of sp³-hybridized carbons (Fsp3) is 0.379. The zero-order valence-electron chi connectivity index (χ0n) is 21.0. The van der Waals surface area contributed by atoms with Crippen molar-refractivity contribution < 1.29 is 18.0 Å². The molecule has 3 aromatic rings. The Morgan fingerprint density at radius 3 is 2.32 bits per heavy atom. The maximum atomic E-state index is 13.5. The summed E-state index contributed by atoms with van der Waals surface area (Å²) < 4.78 is 41.4. The fourth-order valence-corrected chi connectivity index (χ4v) is 4.87. The lowest BCUT2D eigenvalue weighted by molar-refractivity contribution is -0.137. The Labute approximate surface area is 214 Å². The van der Waals surface area contributed by atoms with E-state index >= 15 is 0 Å². The SMILES string of the molecule is Cc1c(-c2ccccc2)cc(C(=O)NCCCN2CCCCCC2)c(=O)n1-c1cccc(C(F)(F)F)c1. The van der Waals surface area contributed by atoms with Gasteiger partial charge >= 0.3 is 6.18 Å². The molecule has 1 aliphatic heterocycles. The minimum absolute atomic E-state index is 0.0605. The summed E-state index contributed by atoms with van der Waals surface area (Å²) in [6, 6.07) is 15.3. The molecular weight excluding hydrogens is 479 g/mol. The van der Waals surface area contributed by atoms with Crippen molar-refractivity contribution in [3.05, 3.63) is 87.8 Å². The zero-order chi connectivity index (χ0) is 26.4. The van der Waals surface area contributed by atoms with E-state index in [1.54, 1.807) is 13.0 Å². The van der Waals surface area contributed by atoms with Gasteiger partial charge in [-0.15, -0.1) is 0 Å². The Bertz CT molecular complexity index is 1280. The van der Waals surface area contributed by atoms with Gasteiger partial charge in [0.05, 0.1) is 5.56 Å². The molecule has 0 bridgehead atoms. The third-order valence-corrected chi connectivity index (χ3v) is 6.84. The molecule has 0 unspecified atom stereocenters. The second-order valence-electron chi connectivity index (χ2n) is 9.48. The van der Waals surface area contributed by atoms with Gasteiger partial charge in [-0.05, 0) is 75.6 Å². The van der Waals surface area contributed by atoms with Crippen LogP contribution in [0, 0.1) is 6.92 Å². The second-order valence-corrected chi connectivity index (χ2v) is 9.48. The highest BCUT2D eigenvalue weighted by atomic mass is 19.4. The molecule has 1 fully saturated rings. The van der Waals surface area contributed by atoms with Crippen LogP contribution in [0.3, 0.4) is 0 Å². The summed E-state index contributed by atoms with van der Waals surface area (Å²) in [6.45, 7) is 5.08. The summed E-state index contributed by atoms with van der Waals surface area (Å²) in [5, 5.41) is 2.85. The van der Waals surface area contributed by atoms with Crippen LogP contribution in [0.5, 0.6) is 0 Å². The molecule has 0 spiro atoms. The number of alkyl halides is 3. The van der Waals surface area contributed by atoms with E-state index in [1.165, 1.54) is 42.4 Å². The van der Waals surface area contributed by atoms with Crippen LogP contribution in [0.15, 0.2) is 65.5 Å². The molecule has 5 nitrogen and oxygen atoms in total. The molecule has 8 heteroatoms. The molecule has 37 heavy (non-hydrogen) atoms. The predicted octanol–water partition coefficient (Wildman–Crippen LogP) is 5.83. The first-order valence-corrected chi connectivity index (χ1v) is 12.8. The monoisotopic (exact) mass is 511 g/mol. The highest BCUT2D eigenvalue weighted by molar-refractivity contribution is 5.95. The molecule has 0 radical (unpaired) electrons. The van der Waals surface area contributed by atoms with Crippen LogP contribution in [-0.2, 0) is 6.18 Å². The summed E-state index contributed by atoms with van der Waals surface area (Å²) in [6.07, 6.45) is 1.08. The normalized spacial score (nSPS) is 14.8. The topological polar surface area (TPSA) is 54.3 Å². The number of hydrogen-bond donors (Lipinski definition) is 1. The van der Waals surface area contributed by atoms with Crippen molar-refractivity contribution in [1.82, 2.24) is 14.8 Å².